The summed E-state index contributed by atoms with van der Waals surface area (Å²) in [5, 5.41) is 3.95. The Labute approximate surface area is 155 Å². The molecule has 1 atom stereocenters. The van der Waals surface area contributed by atoms with Crippen LogP contribution < -0.4 is 5.32 Å². The van der Waals surface area contributed by atoms with E-state index in [0.29, 0.717) is 27.6 Å². The van der Waals surface area contributed by atoms with Crippen molar-refractivity contribution in [2.45, 2.75) is 12.5 Å². The van der Waals surface area contributed by atoms with Crippen LogP contribution in [0.5, 0.6) is 0 Å². The lowest BCUT2D eigenvalue weighted by Crippen LogP contribution is -2.41. The number of hydrogen-bond acceptors (Lipinski definition) is 3. The SMILES string of the molecule is CSCCC(NC(=O)c1ccc(Cl)cc1)C(=O)c1ccc(Cl)cc1. The third kappa shape index (κ3) is 5.26. The second-order valence-electron chi connectivity index (χ2n) is 5.19. The molecule has 0 spiro atoms. The lowest BCUT2D eigenvalue weighted by Gasteiger charge is -2.17. The fraction of sp³-hybridized carbons (Fsp3) is 0.222. The van der Waals surface area contributed by atoms with Crippen LogP contribution in [0.1, 0.15) is 27.1 Å². The van der Waals surface area contributed by atoms with Gasteiger partial charge in [-0.15, -0.1) is 0 Å². The van der Waals surface area contributed by atoms with E-state index in [0.717, 1.165) is 5.75 Å². The monoisotopic (exact) mass is 381 g/mol. The zero-order valence-electron chi connectivity index (χ0n) is 13.1. The molecule has 1 unspecified atom stereocenters. The number of rotatable bonds is 7. The van der Waals surface area contributed by atoms with Crippen molar-refractivity contribution in [3.05, 3.63) is 69.7 Å². The highest BCUT2D eigenvalue weighted by atomic mass is 35.5. The zero-order valence-corrected chi connectivity index (χ0v) is 15.4. The minimum atomic E-state index is -0.582. The standard InChI is InChI=1S/C18H17Cl2NO2S/c1-24-11-10-16(17(22)12-2-6-14(19)7-3-12)21-18(23)13-4-8-15(20)9-5-13/h2-9,16H,10-11H2,1H3,(H,21,23). The molecule has 0 aliphatic carbocycles. The van der Waals surface area contributed by atoms with Crippen molar-refractivity contribution in [3.8, 4) is 0 Å². The third-order valence-corrected chi connectivity index (χ3v) is 4.62. The Morgan fingerprint density at radius 3 is 1.96 bits per heavy atom. The summed E-state index contributed by atoms with van der Waals surface area (Å²) in [6.45, 7) is 0. The molecule has 24 heavy (non-hydrogen) atoms. The summed E-state index contributed by atoms with van der Waals surface area (Å²) in [6, 6.07) is 12.7. The minimum absolute atomic E-state index is 0.122. The molecule has 0 saturated carbocycles. The number of amides is 1. The van der Waals surface area contributed by atoms with Crippen molar-refractivity contribution in [1.82, 2.24) is 5.32 Å². The van der Waals surface area contributed by atoms with Crippen molar-refractivity contribution in [2.75, 3.05) is 12.0 Å². The maximum absolute atomic E-state index is 12.7. The van der Waals surface area contributed by atoms with Gasteiger partial charge in [0.05, 0.1) is 6.04 Å². The maximum Gasteiger partial charge on any atom is 0.251 e. The van der Waals surface area contributed by atoms with Gasteiger partial charge >= 0.3 is 0 Å². The Bertz CT molecular complexity index is 702. The highest BCUT2D eigenvalue weighted by Gasteiger charge is 2.22. The molecule has 2 aromatic rings. The van der Waals surface area contributed by atoms with Gasteiger partial charge in [0.15, 0.2) is 5.78 Å². The van der Waals surface area contributed by atoms with E-state index in [4.69, 9.17) is 23.2 Å². The number of halogens is 2. The Morgan fingerprint density at radius 1 is 0.958 bits per heavy atom. The number of carbonyl (C=O) groups is 2. The molecule has 126 valence electrons. The van der Waals surface area contributed by atoms with E-state index in [1.165, 1.54) is 0 Å². The summed E-state index contributed by atoms with van der Waals surface area (Å²) in [5.74, 6) is 0.355. The van der Waals surface area contributed by atoms with Crippen molar-refractivity contribution in [3.63, 3.8) is 0 Å². The molecule has 3 nitrogen and oxygen atoms in total. The van der Waals surface area contributed by atoms with Gasteiger partial charge in [-0.3, -0.25) is 9.59 Å². The summed E-state index contributed by atoms with van der Waals surface area (Å²) in [4.78, 5) is 25.1. The molecular formula is C18H17Cl2NO2S. The second-order valence-corrected chi connectivity index (χ2v) is 7.04. The van der Waals surface area contributed by atoms with Crippen LogP contribution in [-0.2, 0) is 0 Å². The first kappa shape index (κ1) is 18.8. The van der Waals surface area contributed by atoms with E-state index in [1.807, 2.05) is 6.26 Å². The molecule has 0 aliphatic heterocycles. The normalized spacial score (nSPS) is 11.8. The van der Waals surface area contributed by atoms with Crippen molar-refractivity contribution < 1.29 is 9.59 Å². The molecule has 0 fully saturated rings. The predicted molar refractivity (Wildman–Crippen MR) is 101 cm³/mol. The van der Waals surface area contributed by atoms with Crippen LogP contribution in [0.3, 0.4) is 0 Å². The highest BCUT2D eigenvalue weighted by Crippen LogP contribution is 2.15. The minimum Gasteiger partial charge on any atom is -0.342 e. The van der Waals surface area contributed by atoms with Crippen molar-refractivity contribution in [1.29, 1.82) is 0 Å². The van der Waals surface area contributed by atoms with E-state index >= 15 is 0 Å². The van der Waals surface area contributed by atoms with E-state index < -0.39 is 6.04 Å². The molecule has 6 heteroatoms. The smallest absolute Gasteiger partial charge is 0.251 e. The van der Waals surface area contributed by atoms with Crippen molar-refractivity contribution in [2.24, 2.45) is 0 Å². The van der Waals surface area contributed by atoms with Crippen LogP contribution in [0.4, 0.5) is 0 Å². The van der Waals surface area contributed by atoms with E-state index in [2.05, 4.69) is 5.32 Å². The molecule has 0 aromatic heterocycles. The van der Waals surface area contributed by atoms with Crippen LogP contribution in [0.15, 0.2) is 48.5 Å². The maximum atomic E-state index is 12.7. The highest BCUT2D eigenvalue weighted by molar-refractivity contribution is 7.98. The van der Waals surface area contributed by atoms with Crippen LogP contribution >= 0.6 is 35.0 Å². The quantitative estimate of drug-likeness (QED) is 0.705. The lowest BCUT2D eigenvalue weighted by atomic mass is 10.0. The molecule has 1 N–H and O–H groups in total. The number of hydrogen-bond donors (Lipinski definition) is 1. The van der Waals surface area contributed by atoms with Gasteiger partial charge in [-0.25, -0.2) is 0 Å². The van der Waals surface area contributed by atoms with Gasteiger partial charge in [0.1, 0.15) is 0 Å². The van der Waals surface area contributed by atoms with Crippen LogP contribution in [0, 0.1) is 0 Å². The first-order valence-electron chi connectivity index (χ1n) is 7.36. The average Bonchev–Trinajstić information content (AvgIpc) is 2.59. The number of thioether (sulfide) groups is 1. The van der Waals surface area contributed by atoms with Crippen LogP contribution in [0.25, 0.3) is 0 Å². The van der Waals surface area contributed by atoms with E-state index in [9.17, 15) is 9.59 Å². The average molecular weight is 382 g/mol. The molecule has 0 radical (unpaired) electrons. The van der Waals surface area contributed by atoms with Gasteiger partial charge in [-0.2, -0.15) is 11.8 Å². The molecule has 1 amide bonds. The Hall–Kier alpha value is -1.49. The van der Waals surface area contributed by atoms with Gasteiger partial charge in [0, 0.05) is 21.2 Å². The lowest BCUT2D eigenvalue weighted by molar-refractivity contribution is 0.0855. The van der Waals surface area contributed by atoms with E-state index in [1.54, 1.807) is 60.3 Å². The second kappa shape index (κ2) is 9.11. The first-order chi connectivity index (χ1) is 11.5. The summed E-state index contributed by atoms with van der Waals surface area (Å²) < 4.78 is 0. The number of Topliss-reactive ketones (excluding diaryl/α,β-unsaturated/α-hetero) is 1. The fourth-order valence-corrected chi connectivity index (χ4v) is 2.89. The molecule has 2 rings (SSSR count). The topological polar surface area (TPSA) is 46.2 Å². The molecule has 2 aromatic carbocycles. The Morgan fingerprint density at radius 2 is 1.46 bits per heavy atom. The van der Waals surface area contributed by atoms with Gasteiger partial charge < -0.3 is 5.32 Å². The van der Waals surface area contributed by atoms with Crippen LogP contribution in [-0.4, -0.2) is 29.7 Å². The summed E-state index contributed by atoms with van der Waals surface area (Å²) in [7, 11) is 0. The largest absolute Gasteiger partial charge is 0.342 e. The van der Waals surface area contributed by atoms with Gasteiger partial charge in [0.2, 0.25) is 0 Å². The van der Waals surface area contributed by atoms with Gasteiger partial charge in [-0.1, -0.05) is 23.2 Å². The number of nitrogens with one attached hydrogen (secondary N) is 1. The summed E-state index contributed by atoms with van der Waals surface area (Å²) >= 11 is 13.3. The molecule has 0 aliphatic rings. The van der Waals surface area contributed by atoms with E-state index in [-0.39, 0.29) is 11.7 Å². The van der Waals surface area contributed by atoms with Crippen LogP contribution in [0.2, 0.25) is 10.0 Å². The Balaban J connectivity index is 2.15. The van der Waals surface area contributed by atoms with Gasteiger partial charge in [0.25, 0.3) is 5.91 Å². The Kier molecular flexibility index (Phi) is 7.16. The molecule has 0 bridgehead atoms. The third-order valence-electron chi connectivity index (χ3n) is 3.47. The number of ketones is 1. The number of carbonyl (C=O) groups excluding carboxylic acids is 2. The molecule has 0 heterocycles. The summed E-state index contributed by atoms with van der Waals surface area (Å²) in [5.41, 5.74) is 0.999. The zero-order chi connectivity index (χ0) is 17.5. The molecule has 0 saturated heterocycles. The fourth-order valence-electron chi connectivity index (χ4n) is 2.16. The molecular weight excluding hydrogens is 365 g/mol. The predicted octanol–water partition coefficient (Wildman–Crippen LogP) is 4.73. The first-order valence-corrected chi connectivity index (χ1v) is 9.51. The summed E-state index contributed by atoms with van der Waals surface area (Å²) in [6.07, 6.45) is 2.52. The van der Waals surface area contributed by atoms with Crippen molar-refractivity contribution >= 4 is 46.7 Å². The number of benzene rings is 2. The van der Waals surface area contributed by atoms with Gasteiger partial charge in [-0.05, 0) is 67.0 Å².